The SMILES string of the molecule is CS(=O)(=O)N(Cc1ccc(C(=O)CN)cc1)c1ncco1. The van der Waals surface area contributed by atoms with Crippen molar-refractivity contribution in [2.75, 3.05) is 17.1 Å². The van der Waals surface area contributed by atoms with E-state index >= 15 is 0 Å². The summed E-state index contributed by atoms with van der Waals surface area (Å²) in [5, 5.41) is 0. The highest BCUT2D eigenvalue weighted by Gasteiger charge is 2.21. The van der Waals surface area contributed by atoms with E-state index in [1.165, 1.54) is 12.5 Å². The molecule has 2 N–H and O–H groups in total. The van der Waals surface area contributed by atoms with Crippen molar-refractivity contribution < 1.29 is 17.6 Å². The van der Waals surface area contributed by atoms with E-state index < -0.39 is 10.0 Å². The average molecular weight is 309 g/mol. The van der Waals surface area contributed by atoms with Crippen molar-refractivity contribution in [2.45, 2.75) is 6.54 Å². The van der Waals surface area contributed by atoms with E-state index in [9.17, 15) is 13.2 Å². The van der Waals surface area contributed by atoms with Crippen molar-refractivity contribution in [3.8, 4) is 0 Å². The number of carbonyl (C=O) groups excluding carboxylic acids is 1. The third-order valence-corrected chi connectivity index (χ3v) is 3.91. The maximum atomic E-state index is 11.8. The highest BCUT2D eigenvalue weighted by Crippen LogP contribution is 2.18. The molecular weight excluding hydrogens is 294 g/mol. The molecule has 0 atom stereocenters. The van der Waals surface area contributed by atoms with Gasteiger partial charge in [-0.15, -0.1) is 0 Å². The normalized spacial score (nSPS) is 11.3. The number of ketones is 1. The van der Waals surface area contributed by atoms with Gasteiger partial charge in [0.2, 0.25) is 10.0 Å². The fourth-order valence-corrected chi connectivity index (χ4v) is 2.50. The number of benzene rings is 1. The summed E-state index contributed by atoms with van der Waals surface area (Å²) in [5.41, 5.74) is 6.48. The molecule has 8 heteroatoms. The molecule has 0 bridgehead atoms. The molecule has 112 valence electrons. The number of hydrogen-bond acceptors (Lipinski definition) is 6. The Labute approximate surface area is 122 Å². The van der Waals surface area contributed by atoms with E-state index in [2.05, 4.69) is 4.98 Å². The molecule has 1 heterocycles. The minimum atomic E-state index is -3.53. The number of sulfonamides is 1. The number of Topliss-reactive ketones (excluding diaryl/α,β-unsaturated/α-hetero) is 1. The minimum Gasteiger partial charge on any atom is -0.431 e. The molecule has 0 aliphatic carbocycles. The van der Waals surface area contributed by atoms with E-state index in [-0.39, 0.29) is 24.9 Å². The zero-order valence-electron chi connectivity index (χ0n) is 11.4. The number of oxazole rings is 1. The third-order valence-electron chi connectivity index (χ3n) is 2.82. The molecule has 0 aliphatic rings. The summed E-state index contributed by atoms with van der Waals surface area (Å²) >= 11 is 0. The Morgan fingerprint density at radius 2 is 2.00 bits per heavy atom. The van der Waals surface area contributed by atoms with Gasteiger partial charge in [0.05, 0.1) is 25.5 Å². The summed E-state index contributed by atoms with van der Waals surface area (Å²) in [6.07, 6.45) is 3.75. The van der Waals surface area contributed by atoms with E-state index in [1.807, 2.05) is 0 Å². The molecule has 0 radical (unpaired) electrons. The van der Waals surface area contributed by atoms with E-state index in [1.54, 1.807) is 24.3 Å². The van der Waals surface area contributed by atoms with E-state index in [0.717, 1.165) is 10.6 Å². The summed E-state index contributed by atoms with van der Waals surface area (Å²) in [4.78, 5) is 15.3. The highest BCUT2D eigenvalue weighted by atomic mass is 32.2. The zero-order chi connectivity index (χ0) is 15.5. The summed E-state index contributed by atoms with van der Waals surface area (Å²) < 4.78 is 29.7. The average Bonchev–Trinajstić information content (AvgIpc) is 2.97. The fourth-order valence-electron chi connectivity index (χ4n) is 1.75. The topological polar surface area (TPSA) is 106 Å². The monoisotopic (exact) mass is 309 g/mol. The summed E-state index contributed by atoms with van der Waals surface area (Å²) in [7, 11) is -3.53. The second-order valence-electron chi connectivity index (χ2n) is 4.41. The van der Waals surface area contributed by atoms with Crippen LogP contribution in [0.5, 0.6) is 0 Å². The van der Waals surface area contributed by atoms with Gasteiger partial charge >= 0.3 is 6.01 Å². The summed E-state index contributed by atoms with van der Waals surface area (Å²) in [5.74, 6) is -0.172. The molecule has 0 amide bonds. The molecular formula is C13H15N3O4S. The highest BCUT2D eigenvalue weighted by molar-refractivity contribution is 7.92. The van der Waals surface area contributed by atoms with Crippen LogP contribution in [-0.4, -0.2) is 32.0 Å². The Bertz CT molecular complexity index is 708. The Morgan fingerprint density at radius 1 is 1.33 bits per heavy atom. The van der Waals surface area contributed by atoms with Gasteiger partial charge in [0, 0.05) is 5.56 Å². The largest absolute Gasteiger partial charge is 0.431 e. The molecule has 2 aromatic rings. The second kappa shape index (κ2) is 6.06. The molecule has 1 aromatic carbocycles. The van der Waals surface area contributed by atoms with Crippen molar-refractivity contribution in [1.29, 1.82) is 0 Å². The molecule has 7 nitrogen and oxygen atoms in total. The van der Waals surface area contributed by atoms with Crippen LogP contribution in [0.25, 0.3) is 0 Å². The maximum Gasteiger partial charge on any atom is 0.311 e. The molecule has 21 heavy (non-hydrogen) atoms. The molecule has 0 unspecified atom stereocenters. The standard InChI is InChI=1S/C13H15N3O4S/c1-21(18,19)16(13-15-6-7-20-13)9-10-2-4-11(5-3-10)12(17)8-14/h2-7H,8-9,14H2,1H3. The first-order chi connectivity index (χ1) is 9.91. The lowest BCUT2D eigenvalue weighted by atomic mass is 10.1. The van der Waals surface area contributed by atoms with Gasteiger partial charge in [-0.05, 0) is 5.56 Å². The lowest BCUT2D eigenvalue weighted by Gasteiger charge is -2.18. The number of anilines is 1. The van der Waals surface area contributed by atoms with Crippen LogP contribution in [0.3, 0.4) is 0 Å². The molecule has 0 saturated carbocycles. The molecule has 1 aromatic heterocycles. The van der Waals surface area contributed by atoms with Crippen LogP contribution in [0.4, 0.5) is 6.01 Å². The van der Waals surface area contributed by atoms with Gasteiger partial charge < -0.3 is 10.2 Å². The molecule has 0 aliphatic heterocycles. The second-order valence-corrected chi connectivity index (χ2v) is 6.32. The van der Waals surface area contributed by atoms with Crippen LogP contribution < -0.4 is 10.0 Å². The Hall–Kier alpha value is -2.19. The van der Waals surface area contributed by atoms with Crippen molar-refractivity contribution in [2.24, 2.45) is 5.73 Å². The predicted octanol–water partition coefficient (Wildman–Crippen LogP) is 0.782. The van der Waals surface area contributed by atoms with Gasteiger partial charge in [0.15, 0.2) is 5.78 Å². The number of nitrogens with zero attached hydrogens (tertiary/aromatic N) is 2. The van der Waals surface area contributed by atoms with Crippen molar-refractivity contribution in [1.82, 2.24) is 4.98 Å². The lowest BCUT2D eigenvalue weighted by molar-refractivity contribution is 0.100. The number of hydrogen-bond donors (Lipinski definition) is 1. The molecule has 0 saturated heterocycles. The van der Waals surface area contributed by atoms with Crippen LogP contribution in [-0.2, 0) is 16.6 Å². The Kier molecular flexibility index (Phi) is 4.39. The summed E-state index contributed by atoms with van der Waals surface area (Å²) in [6, 6.07) is 6.56. The van der Waals surface area contributed by atoms with Gasteiger partial charge in [0.1, 0.15) is 6.26 Å². The maximum absolute atomic E-state index is 11.8. The van der Waals surface area contributed by atoms with Gasteiger partial charge in [-0.3, -0.25) is 4.79 Å². The molecule has 2 rings (SSSR count). The first kappa shape index (κ1) is 15.2. The third kappa shape index (κ3) is 3.67. The van der Waals surface area contributed by atoms with Crippen LogP contribution in [0.2, 0.25) is 0 Å². The van der Waals surface area contributed by atoms with Crippen LogP contribution >= 0.6 is 0 Å². The van der Waals surface area contributed by atoms with Crippen molar-refractivity contribution in [3.63, 3.8) is 0 Å². The number of aromatic nitrogens is 1. The first-order valence-corrected chi connectivity index (χ1v) is 7.96. The number of nitrogens with two attached hydrogens (primary N) is 1. The minimum absolute atomic E-state index is 0.000360. The van der Waals surface area contributed by atoms with Crippen molar-refractivity contribution >= 4 is 21.8 Å². The van der Waals surface area contributed by atoms with Crippen LogP contribution in [0.1, 0.15) is 15.9 Å². The molecule has 0 fully saturated rings. The van der Waals surface area contributed by atoms with Gasteiger partial charge in [0.25, 0.3) is 0 Å². The van der Waals surface area contributed by atoms with Crippen LogP contribution in [0.15, 0.2) is 41.1 Å². The van der Waals surface area contributed by atoms with E-state index in [0.29, 0.717) is 11.1 Å². The zero-order valence-corrected chi connectivity index (χ0v) is 12.2. The fraction of sp³-hybridized carbons (Fsp3) is 0.231. The lowest BCUT2D eigenvalue weighted by Crippen LogP contribution is -2.29. The Morgan fingerprint density at radius 3 is 2.48 bits per heavy atom. The Balaban J connectivity index is 2.24. The smallest absolute Gasteiger partial charge is 0.311 e. The van der Waals surface area contributed by atoms with Crippen molar-refractivity contribution in [3.05, 3.63) is 47.9 Å². The van der Waals surface area contributed by atoms with Crippen LogP contribution in [0, 0.1) is 0 Å². The number of carbonyl (C=O) groups is 1. The van der Waals surface area contributed by atoms with Gasteiger partial charge in [-0.25, -0.2) is 17.7 Å². The van der Waals surface area contributed by atoms with E-state index in [4.69, 9.17) is 10.2 Å². The van der Waals surface area contributed by atoms with Gasteiger partial charge in [-0.1, -0.05) is 24.3 Å². The number of rotatable bonds is 6. The van der Waals surface area contributed by atoms with Gasteiger partial charge in [-0.2, -0.15) is 0 Å². The molecule has 0 spiro atoms. The quantitative estimate of drug-likeness (QED) is 0.790. The summed E-state index contributed by atoms with van der Waals surface area (Å²) in [6.45, 7) is 0.00156. The predicted molar refractivity (Wildman–Crippen MR) is 77.4 cm³/mol. The first-order valence-electron chi connectivity index (χ1n) is 6.11.